The number of hydrogen-bond acceptors (Lipinski definition) is 12. The molecule has 21 heteroatoms. The maximum Gasteiger partial charge on any atom is 0.501 e. The lowest BCUT2D eigenvalue weighted by atomic mass is 9.83. The van der Waals surface area contributed by atoms with Crippen LogP contribution < -0.4 is 30.0 Å². The fraction of sp³-hybridized carbons (Fsp3) is 0.348. The van der Waals surface area contributed by atoms with Gasteiger partial charge in [-0.05, 0) is 151 Å². The summed E-state index contributed by atoms with van der Waals surface area (Å²) in [6.45, 7) is 17.6. The van der Waals surface area contributed by atoms with Gasteiger partial charge in [0.15, 0.2) is 0 Å². The second-order valence-electron chi connectivity index (χ2n) is 23.7. The molecule has 8 rings (SSSR count). The summed E-state index contributed by atoms with van der Waals surface area (Å²) in [5.74, 6) is -0.680. The van der Waals surface area contributed by atoms with E-state index < -0.39 is 77.2 Å². The van der Waals surface area contributed by atoms with Crippen LogP contribution in [0.15, 0.2) is 197 Å². The van der Waals surface area contributed by atoms with Gasteiger partial charge in [0.1, 0.15) is 9.64 Å². The molecule has 464 valence electrons. The first kappa shape index (κ1) is 67.3. The van der Waals surface area contributed by atoms with Gasteiger partial charge in [-0.3, -0.25) is 4.79 Å². The number of anilines is 2. The summed E-state index contributed by atoms with van der Waals surface area (Å²) in [5, 5.41) is 5.72. The van der Waals surface area contributed by atoms with Gasteiger partial charge in [-0.1, -0.05) is 155 Å². The van der Waals surface area contributed by atoms with Gasteiger partial charge in [-0.15, -0.1) is 16.5 Å². The van der Waals surface area contributed by atoms with Gasteiger partial charge in [0.05, 0.1) is 16.6 Å². The summed E-state index contributed by atoms with van der Waals surface area (Å²) in [7, 11) is -14.0. The smallest absolute Gasteiger partial charge is 0.501 e. The highest BCUT2D eigenvalue weighted by Gasteiger charge is 2.51. The number of nitrogens with one attached hydrogen (secondary N) is 3. The number of nitrogens with zero attached hydrogens (tertiary/aromatic N) is 2. The number of carbonyl (C=O) groups is 1. The van der Waals surface area contributed by atoms with Crippen LogP contribution in [0.5, 0.6) is 0 Å². The molecule has 87 heavy (non-hydrogen) atoms. The Morgan fingerprint density at radius 2 is 1.34 bits per heavy atom. The zero-order valence-corrected chi connectivity index (χ0v) is 55.0. The average molecular weight is 1300 g/mol. The van der Waals surface area contributed by atoms with Crippen LogP contribution >= 0.6 is 23.4 Å². The van der Waals surface area contributed by atoms with Crippen molar-refractivity contribution in [3.8, 4) is 11.1 Å². The number of alkyl halides is 3. The van der Waals surface area contributed by atoms with Crippen LogP contribution in [-0.4, -0.2) is 102 Å². The van der Waals surface area contributed by atoms with E-state index in [0.717, 1.165) is 62.6 Å². The first-order chi connectivity index (χ1) is 41.2. The Labute approximate surface area is 525 Å². The topological polar surface area (TPSA) is 160 Å². The Morgan fingerprint density at radius 1 is 0.770 bits per heavy atom. The van der Waals surface area contributed by atoms with Gasteiger partial charge in [-0.25, -0.2) is 21.6 Å². The molecule has 1 aliphatic heterocycles. The fourth-order valence-electron chi connectivity index (χ4n) is 11.0. The second-order valence-corrected chi connectivity index (χ2v) is 35.1. The minimum Gasteiger partial charge on any atom is -0.598 e. The molecular formula is C66H77ClF3N5O7S4Si. The Morgan fingerprint density at radius 3 is 1.91 bits per heavy atom. The summed E-state index contributed by atoms with van der Waals surface area (Å²) >= 11 is 6.29. The maximum atomic E-state index is 14.6. The van der Waals surface area contributed by atoms with E-state index in [1.54, 1.807) is 12.1 Å². The highest BCUT2D eigenvalue weighted by Crippen LogP contribution is 2.41. The molecule has 12 nitrogen and oxygen atoms in total. The number of piperidine rings is 1. The van der Waals surface area contributed by atoms with Crippen LogP contribution in [0.3, 0.4) is 0 Å². The normalized spacial score (nSPS) is 15.0. The highest BCUT2D eigenvalue weighted by molar-refractivity contribution is 7.99. The lowest BCUT2D eigenvalue weighted by Gasteiger charge is -2.43. The minimum absolute atomic E-state index is 0.0548. The van der Waals surface area contributed by atoms with Gasteiger partial charge < -0.3 is 24.1 Å². The fourth-order valence-corrected chi connectivity index (χ4v) is 19.6. The molecule has 3 N–H and O–H groups in total. The molecule has 0 aromatic heterocycles. The number of carbonyl (C=O) groups excluding carboxylic acids is 1. The van der Waals surface area contributed by atoms with E-state index >= 15 is 0 Å². The molecule has 1 unspecified atom stereocenters. The number of rotatable bonds is 25. The Bertz CT molecular complexity index is 3580. The molecule has 0 saturated carbocycles. The summed E-state index contributed by atoms with van der Waals surface area (Å²) in [5.41, 5.74) is -2.53. The van der Waals surface area contributed by atoms with Crippen LogP contribution in [0, 0.1) is 5.92 Å². The van der Waals surface area contributed by atoms with E-state index in [1.807, 2.05) is 136 Å². The van der Waals surface area contributed by atoms with Crippen molar-refractivity contribution in [1.29, 1.82) is 0 Å². The van der Waals surface area contributed by atoms with E-state index in [2.05, 4.69) is 77.0 Å². The highest BCUT2D eigenvalue weighted by atomic mass is 35.5. The predicted molar refractivity (Wildman–Crippen MR) is 351 cm³/mol. The molecule has 0 spiro atoms. The molecule has 3 atom stereocenters. The van der Waals surface area contributed by atoms with Crippen molar-refractivity contribution in [1.82, 2.24) is 14.3 Å². The number of halogens is 4. The maximum absolute atomic E-state index is 14.6. The lowest BCUT2D eigenvalue weighted by Crippen LogP contribution is -2.67. The first-order valence-electron chi connectivity index (χ1n) is 29.0. The van der Waals surface area contributed by atoms with Crippen molar-refractivity contribution >= 4 is 90.6 Å². The van der Waals surface area contributed by atoms with E-state index in [0.29, 0.717) is 62.6 Å². The third-order valence-electron chi connectivity index (χ3n) is 15.8. The molecule has 0 aliphatic carbocycles. The van der Waals surface area contributed by atoms with Crippen molar-refractivity contribution < 1.29 is 43.8 Å². The average Bonchev–Trinajstić information content (AvgIpc) is 0.908. The number of likely N-dealkylation sites (N-methyl/N-ethyl adjacent to an activating group) is 1. The standard InChI is InChI=1S/C66H77ClF3N5O7S4Si/c1-8-74(44-45-82-87(65(5,6)7,56-22-14-10-15-23-56)57-24-16-11-17-25-57)41-40-52(47-83-54-20-12-9-13-21-54)71-60-37-36-55(46-61(60)85(78,79)66(68,69)70)86(80,81)73-63(76)50-30-34-53(35-31-50)75-42-38-49(39-43-75)62(72-84(77)64(2,3)4)59-27-19-18-26-58(59)48-28-32-51(67)33-29-48/h9-37,46,49,52,62,71-72H,8,38-45,47H2,1-7H3,(H,73,76)/t52-,62-,84?/m1/s1. The number of sulfone groups is 1. The van der Waals surface area contributed by atoms with E-state index in [1.165, 1.54) is 23.9 Å². The van der Waals surface area contributed by atoms with Crippen molar-refractivity contribution in [2.75, 3.05) is 55.3 Å². The predicted octanol–water partition coefficient (Wildman–Crippen LogP) is 13.3. The summed E-state index contributed by atoms with van der Waals surface area (Å²) in [6, 6.07) is 53.5. The molecule has 7 aromatic carbocycles. The molecule has 7 aromatic rings. The number of sulfonamides is 1. The molecule has 0 bridgehead atoms. The largest absolute Gasteiger partial charge is 0.598 e. The summed E-state index contributed by atoms with van der Waals surface area (Å²) < 4.78 is 125. The zero-order chi connectivity index (χ0) is 62.8. The van der Waals surface area contributed by atoms with Crippen LogP contribution in [0.4, 0.5) is 24.5 Å². The SMILES string of the molecule is CCN(CCO[Si](c1ccccc1)(c1ccccc1)C(C)(C)C)CC[C@H](CSc1ccccc1)Nc1ccc(S(=O)(=O)NC(=O)c2ccc(N3CCC([C@@H](N[S+]([O-])C(C)(C)C)c4ccccc4-c4ccc(Cl)cc4)CC3)cc2)cc1S(=O)(=O)C(F)(F)F. The third kappa shape index (κ3) is 16.6. The molecule has 1 heterocycles. The van der Waals surface area contributed by atoms with E-state index in [9.17, 15) is 39.4 Å². The number of thioether (sulfide) groups is 1. The van der Waals surface area contributed by atoms with Gasteiger partial charge in [-0.2, -0.15) is 13.2 Å². The van der Waals surface area contributed by atoms with Crippen LogP contribution in [-0.2, 0) is 35.6 Å². The zero-order valence-electron chi connectivity index (χ0n) is 50.0. The number of hydrogen-bond donors (Lipinski definition) is 3. The molecule has 1 fully saturated rings. The summed E-state index contributed by atoms with van der Waals surface area (Å²) in [4.78, 5) is 16.8. The van der Waals surface area contributed by atoms with Crippen LogP contribution in [0.1, 0.15) is 89.7 Å². The molecule has 0 radical (unpaired) electrons. The Kier molecular flexibility index (Phi) is 22.3. The number of benzene rings is 7. The first-order valence-corrected chi connectivity index (χ1v) is 36.4. The minimum atomic E-state index is -6.16. The Hall–Kier alpha value is -5.65. The van der Waals surface area contributed by atoms with Crippen molar-refractivity contribution in [3.05, 3.63) is 198 Å². The Balaban J connectivity index is 0.968. The lowest BCUT2D eigenvalue weighted by molar-refractivity contribution is -0.0436. The monoisotopic (exact) mass is 1300 g/mol. The third-order valence-corrected chi connectivity index (χ3v) is 26.7. The molecular weight excluding hydrogens is 1220 g/mol. The summed E-state index contributed by atoms with van der Waals surface area (Å²) in [6.07, 6.45) is 1.80. The van der Waals surface area contributed by atoms with Crippen molar-refractivity contribution in [3.63, 3.8) is 0 Å². The van der Waals surface area contributed by atoms with Crippen LogP contribution in [0.25, 0.3) is 11.1 Å². The van der Waals surface area contributed by atoms with Gasteiger partial charge in [0.2, 0.25) is 0 Å². The van der Waals surface area contributed by atoms with Crippen molar-refractivity contribution in [2.45, 2.75) is 110 Å². The molecule has 1 aliphatic rings. The van der Waals surface area contributed by atoms with Gasteiger partial charge in [0, 0.05) is 77.1 Å². The quantitative estimate of drug-likeness (QED) is 0.0283. The van der Waals surface area contributed by atoms with Crippen LogP contribution in [0.2, 0.25) is 10.1 Å². The number of amides is 1. The van der Waals surface area contributed by atoms with Gasteiger partial charge in [0.25, 0.3) is 34.1 Å². The van der Waals surface area contributed by atoms with E-state index in [4.69, 9.17) is 16.0 Å². The molecule has 1 saturated heterocycles. The van der Waals surface area contributed by atoms with Crippen molar-refractivity contribution in [2.24, 2.45) is 5.92 Å². The van der Waals surface area contributed by atoms with Gasteiger partial charge >= 0.3 is 5.51 Å². The second kappa shape index (κ2) is 28.9. The van der Waals surface area contributed by atoms with E-state index in [-0.39, 0.29) is 22.6 Å². The molecule has 1 amide bonds.